The van der Waals surface area contributed by atoms with Crippen LogP contribution in [0, 0.1) is 0 Å². The van der Waals surface area contributed by atoms with Gasteiger partial charge in [-0.25, -0.2) is 9.97 Å². The van der Waals surface area contributed by atoms with Crippen molar-refractivity contribution in [3.63, 3.8) is 0 Å². The summed E-state index contributed by atoms with van der Waals surface area (Å²) in [6.45, 7) is 0. The first-order valence-corrected chi connectivity index (χ1v) is 5.31. The Balaban J connectivity index is 2.09. The molecule has 0 atom stereocenters. The van der Waals surface area contributed by atoms with Crippen LogP contribution in [0.3, 0.4) is 0 Å². The molecule has 3 rings (SSSR count). The fraction of sp³-hybridized carbons (Fsp3) is 0. The Labute approximate surface area is 102 Å². The molecule has 18 heavy (non-hydrogen) atoms. The van der Waals surface area contributed by atoms with E-state index in [-0.39, 0.29) is 5.78 Å². The van der Waals surface area contributed by atoms with Gasteiger partial charge in [-0.3, -0.25) is 9.89 Å². The molecule has 88 valence electrons. The second kappa shape index (κ2) is 3.92. The second-order valence-electron chi connectivity index (χ2n) is 3.77. The molecule has 0 radical (unpaired) electrons. The molecule has 3 aromatic heterocycles. The third-order valence-corrected chi connectivity index (χ3v) is 2.60. The van der Waals surface area contributed by atoms with Crippen LogP contribution in [0.1, 0.15) is 16.1 Å². The zero-order valence-corrected chi connectivity index (χ0v) is 9.29. The average molecular weight is 239 g/mol. The monoisotopic (exact) mass is 239 g/mol. The van der Waals surface area contributed by atoms with E-state index in [4.69, 9.17) is 5.73 Å². The predicted molar refractivity (Wildman–Crippen MR) is 66.0 cm³/mol. The van der Waals surface area contributed by atoms with Crippen LogP contribution in [0.5, 0.6) is 0 Å². The van der Waals surface area contributed by atoms with Crippen molar-refractivity contribution in [2.75, 3.05) is 5.73 Å². The summed E-state index contributed by atoms with van der Waals surface area (Å²) in [6.07, 6.45) is 3.08. The average Bonchev–Trinajstić information content (AvgIpc) is 2.82. The second-order valence-corrected chi connectivity index (χ2v) is 3.77. The summed E-state index contributed by atoms with van der Waals surface area (Å²) in [6, 6.07) is 6.77. The van der Waals surface area contributed by atoms with Gasteiger partial charge in [-0.2, -0.15) is 5.10 Å². The number of hydrogen-bond acceptors (Lipinski definition) is 5. The van der Waals surface area contributed by atoms with Crippen LogP contribution in [0.2, 0.25) is 0 Å². The van der Waals surface area contributed by atoms with E-state index in [1.54, 1.807) is 30.5 Å². The van der Waals surface area contributed by atoms with E-state index >= 15 is 0 Å². The summed E-state index contributed by atoms with van der Waals surface area (Å²) in [5, 5.41) is 7.41. The first-order chi connectivity index (χ1) is 8.75. The van der Waals surface area contributed by atoms with Gasteiger partial charge in [0.1, 0.15) is 11.5 Å². The first-order valence-electron chi connectivity index (χ1n) is 5.31. The lowest BCUT2D eigenvalue weighted by atomic mass is 10.1. The van der Waals surface area contributed by atoms with Crippen LogP contribution < -0.4 is 5.73 Å². The number of carbonyl (C=O) groups is 1. The van der Waals surface area contributed by atoms with Gasteiger partial charge < -0.3 is 5.73 Å². The fourth-order valence-corrected chi connectivity index (χ4v) is 1.70. The highest BCUT2D eigenvalue weighted by Gasteiger charge is 2.16. The number of nitrogen functional groups attached to an aromatic ring is 1. The smallest absolute Gasteiger partial charge is 0.215 e. The van der Waals surface area contributed by atoms with E-state index in [1.807, 2.05) is 0 Å². The summed E-state index contributed by atoms with van der Waals surface area (Å²) in [7, 11) is 0. The number of hydrogen-bond donors (Lipinski definition) is 2. The first kappa shape index (κ1) is 10.4. The summed E-state index contributed by atoms with van der Waals surface area (Å²) in [4.78, 5) is 20.2. The highest BCUT2D eigenvalue weighted by molar-refractivity contribution is 6.14. The van der Waals surface area contributed by atoms with Gasteiger partial charge in [0.15, 0.2) is 5.65 Å². The maximum absolute atomic E-state index is 12.2. The van der Waals surface area contributed by atoms with Gasteiger partial charge in [-0.1, -0.05) is 0 Å². The van der Waals surface area contributed by atoms with E-state index in [0.717, 1.165) is 0 Å². The molecule has 0 saturated heterocycles. The van der Waals surface area contributed by atoms with E-state index in [2.05, 4.69) is 20.2 Å². The number of H-pyrrole nitrogens is 1. The molecule has 0 aliphatic heterocycles. The van der Waals surface area contributed by atoms with E-state index in [0.29, 0.717) is 28.1 Å². The molecule has 0 amide bonds. The summed E-state index contributed by atoms with van der Waals surface area (Å²) in [5.41, 5.74) is 6.85. The summed E-state index contributed by atoms with van der Waals surface area (Å²) in [5.74, 6) is 0.168. The van der Waals surface area contributed by atoms with Crippen molar-refractivity contribution in [1.29, 1.82) is 0 Å². The zero-order chi connectivity index (χ0) is 12.5. The van der Waals surface area contributed by atoms with Crippen molar-refractivity contribution in [3.05, 3.63) is 47.9 Å². The lowest BCUT2D eigenvalue weighted by Crippen LogP contribution is -2.03. The van der Waals surface area contributed by atoms with Gasteiger partial charge in [-0.15, -0.1) is 0 Å². The fourth-order valence-electron chi connectivity index (χ4n) is 1.70. The largest absolute Gasteiger partial charge is 0.384 e. The van der Waals surface area contributed by atoms with Crippen LogP contribution in [-0.4, -0.2) is 25.9 Å². The molecular formula is C12H9N5O. The third-order valence-electron chi connectivity index (χ3n) is 2.60. The molecule has 0 aliphatic carbocycles. The Hall–Kier alpha value is -2.76. The molecule has 0 spiro atoms. The maximum Gasteiger partial charge on any atom is 0.215 e. The molecule has 3 N–H and O–H groups in total. The van der Waals surface area contributed by atoms with Crippen molar-refractivity contribution in [3.8, 4) is 0 Å². The van der Waals surface area contributed by atoms with Crippen LogP contribution in [-0.2, 0) is 0 Å². The van der Waals surface area contributed by atoms with Gasteiger partial charge in [-0.05, 0) is 24.3 Å². The maximum atomic E-state index is 12.2. The molecule has 6 heteroatoms. The van der Waals surface area contributed by atoms with E-state index in [9.17, 15) is 4.79 Å². The van der Waals surface area contributed by atoms with Gasteiger partial charge in [0.25, 0.3) is 0 Å². The summed E-state index contributed by atoms with van der Waals surface area (Å²) < 4.78 is 0. The number of anilines is 1. The van der Waals surface area contributed by atoms with Crippen LogP contribution in [0.15, 0.2) is 36.7 Å². The molecule has 0 aliphatic rings. The van der Waals surface area contributed by atoms with Crippen LogP contribution in [0.25, 0.3) is 11.0 Å². The predicted octanol–water partition coefficient (Wildman–Crippen LogP) is 1.17. The third kappa shape index (κ3) is 1.60. The standard InChI is InChI=1S/C12H9N5O/c13-9-4-3-7(6-15-9)11(18)10-8-2-1-5-14-12(8)17-16-10/h1-6H,(H2,13,15)(H,14,16,17). The number of pyridine rings is 2. The van der Waals surface area contributed by atoms with Crippen LogP contribution >= 0.6 is 0 Å². The lowest BCUT2D eigenvalue weighted by molar-refractivity contribution is 0.103. The van der Waals surface area contributed by atoms with Crippen molar-refractivity contribution in [2.45, 2.75) is 0 Å². The Bertz CT molecular complexity index is 717. The van der Waals surface area contributed by atoms with Crippen molar-refractivity contribution in [1.82, 2.24) is 20.2 Å². The number of nitrogens with one attached hydrogen (secondary N) is 1. The highest BCUT2D eigenvalue weighted by atomic mass is 16.1. The minimum absolute atomic E-state index is 0.207. The van der Waals surface area contributed by atoms with E-state index < -0.39 is 0 Å². The number of fused-ring (bicyclic) bond motifs is 1. The normalized spacial score (nSPS) is 10.7. The minimum atomic E-state index is -0.207. The number of nitrogens with two attached hydrogens (primary N) is 1. The highest BCUT2D eigenvalue weighted by Crippen LogP contribution is 2.16. The minimum Gasteiger partial charge on any atom is -0.384 e. The summed E-state index contributed by atoms with van der Waals surface area (Å²) >= 11 is 0. The molecule has 0 aromatic carbocycles. The van der Waals surface area contributed by atoms with Gasteiger partial charge >= 0.3 is 0 Å². The van der Waals surface area contributed by atoms with E-state index in [1.165, 1.54) is 6.20 Å². The van der Waals surface area contributed by atoms with Gasteiger partial charge in [0.05, 0.1) is 5.39 Å². The van der Waals surface area contributed by atoms with Gasteiger partial charge in [0, 0.05) is 18.0 Å². The molecule has 6 nitrogen and oxygen atoms in total. The van der Waals surface area contributed by atoms with Crippen molar-refractivity contribution >= 4 is 22.6 Å². The lowest BCUT2D eigenvalue weighted by Gasteiger charge is -1.98. The molecule has 3 heterocycles. The Kier molecular flexibility index (Phi) is 2.26. The molecule has 0 unspecified atom stereocenters. The Morgan fingerprint density at radius 1 is 1.22 bits per heavy atom. The SMILES string of the molecule is Nc1ccc(C(=O)c2n[nH]c3ncccc23)cn1. The topological polar surface area (TPSA) is 97.6 Å². The molecular weight excluding hydrogens is 230 g/mol. The van der Waals surface area contributed by atoms with Crippen molar-refractivity contribution in [2.24, 2.45) is 0 Å². The van der Waals surface area contributed by atoms with Crippen LogP contribution in [0.4, 0.5) is 5.82 Å². The number of aromatic amines is 1. The number of aromatic nitrogens is 4. The number of ketones is 1. The van der Waals surface area contributed by atoms with Gasteiger partial charge in [0.2, 0.25) is 5.78 Å². The number of nitrogens with zero attached hydrogens (tertiary/aromatic N) is 3. The number of carbonyl (C=O) groups excluding carboxylic acids is 1. The quantitative estimate of drug-likeness (QED) is 0.654. The zero-order valence-electron chi connectivity index (χ0n) is 9.29. The Morgan fingerprint density at radius 2 is 2.11 bits per heavy atom. The Morgan fingerprint density at radius 3 is 2.89 bits per heavy atom. The molecule has 0 fully saturated rings. The molecule has 0 saturated carbocycles. The van der Waals surface area contributed by atoms with Crippen molar-refractivity contribution < 1.29 is 4.79 Å². The molecule has 0 bridgehead atoms. The molecule has 3 aromatic rings. The number of rotatable bonds is 2.